The smallest absolute Gasteiger partial charge is 0.238 e. The van der Waals surface area contributed by atoms with Gasteiger partial charge in [-0.2, -0.15) is 6.07 Å². The first-order valence-electron chi connectivity index (χ1n) is 4.46. The number of rotatable bonds is 3. The van der Waals surface area contributed by atoms with Gasteiger partial charge in [-0.3, -0.25) is 4.79 Å². The Morgan fingerprint density at radius 3 is 2.81 bits per heavy atom. The Morgan fingerprint density at radius 2 is 2.31 bits per heavy atom. The van der Waals surface area contributed by atoms with Crippen LogP contribution in [0.5, 0.6) is 0 Å². The van der Waals surface area contributed by atoms with Crippen LogP contribution in [0.3, 0.4) is 0 Å². The minimum atomic E-state index is -0.291. The van der Waals surface area contributed by atoms with Gasteiger partial charge >= 0.3 is 0 Å². The van der Waals surface area contributed by atoms with E-state index in [-0.39, 0.29) is 38.6 Å². The van der Waals surface area contributed by atoms with Crippen LogP contribution in [0, 0.1) is 18.4 Å². The van der Waals surface area contributed by atoms with Gasteiger partial charge in [0.25, 0.3) is 0 Å². The van der Waals surface area contributed by atoms with Crippen molar-refractivity contribution < 1.29 is 37.5 Å². The van der Waals surface area contributed by atoms with Crippen molar-refractivity contribution in [2.75, 3.05) is 5.32 Å². The van der Waals surface area contributed by atoms with Crippen LogP contribution in [0.1, 0.15) is 12.5 Å². The zero-order valence-corrected chi connectivity index (χ0v) is 12.1. The van der Waals surface area contributed by atoms with Gasteiger partial charge in [0.1, 0.15) is 0 Å². The third-order valence-corrected chi connectivity index (χ3v) is 1.67. The fraction of sp³-hybridized carbons (Fsp3) is 0.182. The second-order valence-electron chi connectivity index (χ2n) is 3.14. The molecule has 0 saturated carbocycles. The molecule has 0 bridgehead atoms. The van der Waals surface area contributed by atoms with E-state index in [2.05, 4.69) is 16.4 Å². The number of nitrogens with zero attached hydrogens (tertiary/aromatic N) is 1. The molecule has 0 spiro atoms. The maximum Gasteiger partial charge on any atom is 0.238 e. The number of aryl methyl sites for hydroxylation is 1. The molecule has 0 aliphatic heterocycles. The number of nitrogens with one attached hydrogen (secondary N) is 2. The van der Waals surface area contributed by atoms with Crippen molar-refractivity contribution in [3.8, 4) is 0 Å². The Labute approximate surface area is 120 Å². The number of hydrogen-bond donors (Lipinski definition) is 2. The van der Waals surface area contributed by atoms with E-state index in [1.807, 2.05) is 6.92 Å². The minimum Gasteiger partial charge on any atom is -0.367 e. The predicted octanol–water partition coefficient (Wildman–Crippen LogP) is 1.72. The maximum absolute atomic E-state index is 11.3. The number of hydrogen-bond acceptors (Lipinski definition) is 3. The number of pyridine rings is 1. The molecule has 1 rings (SSSR count). The Kier molecular flexibility index (Phi) is 7.01. The second-order valence-corrected chi connectivity index (χ2v) is 3.14. The van der Waals surface area contributed by atoms with Crippen LogP contribution in [0.4, 0.5) is 5.82 Å². The van der Waals surface area contributed by atoms with Crippen molar-refractivity contribution >= 4 is 17.9 Å². The zero-order valence-electron chi connectivity index (χ0n) is 9.24. The van der Waals surface area contributed by atoms with Crippen molar-refractivity contribution in [3.63, 3.8) is 0 Å². The monoisotopic (exact) mass is 291 g/mol. The third-order valence-electron chi connectivity index (χ3n) is 1.67. The van der Waals surface area contributed by atoms with Crippen molar-refractivity contribution in [1.82, 2.24) is 4.98 Å². The molecular weight excluding hydrogens is 279 g/mol. The number of allylic oxidation sites excluding steroid dienone is 1. The largest absolute Gasteiger partial charge is 0.367 e. The summed E-state index contributed by atoms with van der Waals surface area (Å²) in [5.41, 5.74) is 1.50. The summed E-state index contributed by atoms with van der Waals surface area (Å²) in [4.78, 5) is 15.3. The average molecular weight is 291 g/mol. The van der Waals surface area contributed by atoms with E-state index in [1.165, 1.54) is 6.08 Å². The van der Waals surface area contributed by atoms with Crippen LogP contribution < -0.4 is 5.32 Å². The Hall–Kier alpha value is -0.866. The molecule has 0 saturated heterocycles. The molecule has 0 atom stereocenters. The molecule has 1 heterocycles. The van der Waals surface area contributed by atoms with E-state index < -0.39 is 0 Å². The molecule has 1 aromatic heterocycles. The molecule has 4 nitrogen and oxygen atoms in total. The molecule has 0 aliphatic rings. The maximum atomic E-state index is 11.3. The van der Waals surface area contributed by atoms with Crippen molar-refractivity contribution in [2.24, 2.45) is 0 Å². The summed E-state index contributed by atoms with van der Waals surface area (Å²) >= 11 is 0. The number of amides is 1. The van der Waals surface area contributed by atoms with Gasteiger partial charge in [-0.05, 0) is 12.5 Å². The van der Waals surface area contributed by atoms with Gasteiger partial charge in [-0.1, -0.05) is 13.1 Å². The minimum absolute atomic E-state index is 0. The number of aromatic nitrogens is 1. The SMILES string of the molecule is C/C(C=N)=C/C(=O)Nc1c[c-]c(C)cn1.[Y]. The van der Waals surface area contributed by atoms with Gasteiger partial charge in [-0.15, -0.1) is 11.6 Å². The Morgan fingerprint density at radius 1 is 1.62 bits per heavy atom. The topological polar surface area (TPSA) is 65.8 Å². The summed E-state index contributed by atoms with van der Waals surface area (Å²) in [7, 11) is 0. The summed E-state index contributed by atoms with van der Waals surface area (Å²) in [6.07, 6.45) is 4.09. The standard InChI is InChI=1S/C11H12N3O.Y/c1-8-3-4-10(13-7-8)14-11(15)5-9(2)6-12;/h4-7,12H,1-2H3,(H,13,14,15);/q-1;/b9-5-,12-6?;. The van der Waals surface area contributed by atoms with Gasteiger partial charge in [0.15, 0.2) is 0 Å². The Bertz CT molecular complexity index is 398. The summed E-state index contributed by atoms with van der Waals surface area (Å²) < 4.78 is 0. The fourth-order valence-corrected chi connectivity index (χ4v) is 0.902. The van der Waals surface area contributed by atoms with Crippen molar-refractivity contribution in [3.05, 3.63) is 35.5 Å². The van der Waals surface area contributed by atoms with Crippen molar-refractivity contribution in [2.45, 2.75) is 13.8 Å². The van der Waals surface area contributed by atoms with E-state index in [4.69, 9.17) is 5.41 Å². The fourth-order valence-electron chi connectivity index (χ4n) is 0.902. The van der Waals surface area contributed by atoms with Crippen LogP contribution in [0.2, 0.25) is 0 Å². The van der Waals surface area contributed by atoms with Gasteiger partial charge in [0, 0.05) is 50.8 Å². The molecule has 1 aromatic rings. The summed E-state index contributed by atoms with van der Waals surface area (Å²) in [6.45, 7) is 3.55. The van der Waals surface area contributed by atoms with Gasteiger partial charge in [0.2, 0.25) is 5.91 Å². The first-order chi connectivity index (χ1) is 7.11. The summed E-state index contributed by atoms with van der Waals surface area (Å²) in [6, 6.07) is 4.54. The number of anilines is 1. The first kappa shape index (κ1) is 15.1. The van der Waals surface area contributed by atoms with Crippen LogP contribution >= 0.6 is 0 Å². The van der Waals surface area contributed by atoms with E-state index in [0.29, 0.717) is 11.4 Å². The van der Waals surface area contributed by atoms with Gasteiger partial charge in [0.05, 0.1) is 0 Å². The summed E-state index contributed by atoms with van der Waals surface area (Å²) in [5.74, 6) is 0.167. The van der Waals surface area contributed by atoms with E-state index in [0.717, 1.165) is 11.8 Å². The van der Waals surface area contributed by atoms with Crippen LogP contribution in [-0.2, 0) is 37.5 Å². The van der Waals surface area contributed by atoms with E-state index >= 15 is 0 Å². The molecule has 0 fully saturated rings. The Balaban J connectivity index is 0.00000225. The first-order valence-corrected chi connectivity index (χ1v) is 4.46. The molecule has 16 heavy (non-hydrogen) atoms. The summed E-state index contributed by atoms with van der Waals surface area (Å²) in [5, 5.41) is 9.49. The molecule has 0 aromatic carbocycles. The molecular formula is C11H12N3OY-. The second kappa shape index (κ2) is 7.41. The molecule has 81 valence electrons. The molecule has 0 aliphatic carbocycles. The number of carbonyl (C=O) groups is 1. The molecule has 0 unspecified atom stereocenters. The van der Waals surface area contributed by atoms with E-state index in [9.17, 15) is 4.79 Å². The van der Waals surface area contributed by atoms with Crippen LogP contribution in [0.15, 0.2) is 23.9 Å². The molecule has 2 N–H and O–H groups in total. The molecule has 5 heteroatoms. The van der Waals surface area contributed by atoms with Gasteiger partial charge < -0.3 is 15.7 Å². The zero-order chi connectivity index (χ0) is 11.3. The predicted molar refractivity (Wildman–Crippen MR) is 59.0 cm³/mol. The average Bonchev–Trinajstić information content (AvgIpc) is 2.21. The van der Waals surface area contributed by atoms with Crippen LogP contribution in [-0.4, -0.2) is 17.1 Å². The molecule has 1 radical (unpaired) electrons. The molecule has 1 amide bonds. The number of carbonyl (C=O) groups excluding carboxylic acids is 1. The normalized spacial score (nSPS) is 10.2. The third kappa shape index (κ3) is 5.28. The van der Waals surface area contributed by atoms with Gasteiger partial charge in [-0.25, -0.2) is 0 Å². The quantitative estimate of drug-likeness (QED) is 0.506. The van der Waals surface area contributed by atoms with E-state index in [1.54, 1.807) is 19.2 Å². The van der Waals surface area contributed by atoms with Crippen LogP contribution in [0.25, 0.3) is 0 Å². The van der Waals surface area contributed by atoms with Crippen molar-refractivity contribution in [1.29, 1.82) is 5.41 Å².